The van der Waals surface area contributed by atoms with Gasteiger partial charge in [0.2, 0.25) is 0 Å². The average Bonchev–Trinajstić information content (AvgIpc) is 2.98. The van der Waals surface area contributed by atoms with Crippen molar-refractivity contribution >= 4 is 22.0 Å². The van der Waals surface area contributed by atoms with Gasteiger partial charge in [0.05, 0.1) is 0 Å². The minimum atomic E-state index is -0.461. The Labute approximate surface area is 138 Å². The maximum atomic E-state index is 12.1. The van der Waals surface area contributed by atoms with E-state index in [1.54, 1.807) is 6.20 Å². The van der Waals surface area contributed by atoms with E-state index in [0.29, 0.717) is 0 Å². The third-order valence-corrected chi connectivity index (χ3v) is 3.67. The maximum Gasteiger partial charge on any atom is 0.419 e. The van der Waals surface area contributed by atoms with Crippen LogP contribution in [0.1, 0.15) is 20.8 Å². The standard InChI is InChI=1S/C16H19BrN2O3/c1-16(2,3)14(22-15(20)19-9-8-18-11-19)10-21-13-6-4-12(17)5-7-13/h4-9,11,14H,10H2,1-3H3. The van der Waals surface area contributed by atoms with Crippen LogP contribution in [0.5, 0.6) is 5.75 Å². The summed E-state index contributed by atoms with van der Waals surface area (Å²) in [6, 6.07) is 7.53. The molecule has 0 aliphatic heterocycles. The van der Waals surface area contributed by atoms with E-state index in [0.717, 1.165) is 10.2 Å². The van der Waals surface area contributed by atoms with Crippen LogP contribution in [-0.2, 0) is 4.74 Å². The third-order valence-electron chi connectivity index (χ3n) is 3.14. The molecule has 22 heavy (non-hydrogen) atoms. The molecule has 0 aliphatic carbocycles. The number of hydrogen-bond donors (Lipinski definition) is 0. The largest absolute Gasteiger partial charge is 0.490 e. The lowest BCUT2D eigenvalue weighted by atomic mass is 9.89. The minimum Gasteiger partial charge on any atom is -0.490 e. The van der Waals surface area contributed by atoms with Gasteiger partial charge in [-0.05, 0) is 24.3 Å². The number of hydrogen-bond acceptors (Lipinski definition) is 4. The Bertz CT molecular complexity index is 603. The average molecular weight is 367 g/mol. The molecule has 1 aromatic carbocycles. The van der Waals surface area contributed by atoms with E-state index in [1.165, 1.54) is 17.1 Å². The summed E-state index contributed by atoms with van der Waals surface area (Å²) < 4.78 is 13.6. The van der Waals surface area contributed by atoms with Gasteiger partial charge >= 0.3 is 6.09 Å². The Hall–Kier alpha value is -1.82. The van der Waals surface area contributed by atoms with Gasteiger partial charge in [-0.2, -0.15) is 0 Å². The number of rotatable bonds is 4. The predicted molar refractivity (Wildman–Crippen MR) is 87.0 cm³/mol. The second-order valence-corrected chi connectivity index (χ2v) is 6.89. The zero-order chi connectivity index (χ0) is 16.2. The first-order valence-corrected chi connectivity index (χ1v) is 7.73. The van der Waals surface area contributed by atoms with E-state index in [2.05, 4.69) is 20.9 Å². The van der Waals surface area contributed by atoms with Gasteiger partial charge in [-0.3, -0.25) is 0 Å². The highest BCUT2D eigenvalue weighted by molar-refractivity contribution is 9.10. The van der Waals surface area contributed by atoms with Crippen LogP contribution in [0.4, 0.5) is 4.79 Å². The lowest BCUT2D eigenvalue weighted by Gasteiger charge is -2.30. The first-order chi connectivity index (χ1) is 10.4. The third kappa shape index (κ3) is 4.59. The van der Waals surface area contributed by atoms with E-state index in [1.807, 2.05) is 45.0 Å². The molecule has 1 atom stereocenters. The van der Waals surface area contributed by atoms with Gasteiger partial charge in [0.1, 0.15) is 24.8 Å². The second-order valence-electron chi connectivity index (χ2n) is 5.97. The number of carbonyl (C=O) groups is 1. The van der Waals surface area contributed by atoms with Crippen molar-refractivity contribution in [2.45, 2.75) is 26.9 Å². The summed E-state index contributed by atoms with van der Waals surface area (Å²) >= 11 is 3.38. The summed E-state index contributed by atoms with van der Waals surface area (Å²) in [6.45, 7) is 6.29. The summed E-state index contributed by atoms with van der Waals surface area (Å²) in [5, 5.41) is 0. The van der Waals surface area contributed by atoms with Gasteiger partial charge in [0.15, 0.2) is 0 Å². The lowest BCUT2D eigenvalue weighted by molar-refractivity contribution is 0.00209. The Morgan fingerprint density at radius 2 is 2.00 bits per heavy atom. The van der Waals surface area contributed by atoms with E-state index in [4.69, 9.17) is 9.47 Å². The summed E-state index contributed by atoms with van der Waals surface area (Å²) in [5.41, 5.74) is -0.244. The van der Waals surface area contributed by atoms with Crippen molar-refractivity contribution in [3.05, 3.63) is 47.5 Å². The Morgan fingerprint density at radius 3 is 2.55 bits per heavy atom. The van der Waals surface area contributed by atoms with Crippen molar-refractivity contribution in [1.29, 1.82) is 0 Å². The van der Waals surface area contributed by atoms with Gasteiger partial charge in [0, 0.05) is 22.3 Å². The van der Waals surface area contributed by atoms with Crippen molar-refractivity contribution in [1.82, 2.24) is 9.55 Å². The first kappa shape index (κ1) is 16.5. The molecule has 2 rings (SSSR count). The molecule has 0 spiro atoms. The molecular formula is C16H19BrN2O3. The molecule has 118 valence electrons. The van der Waals surface area contributed by atoms with Crippen LogP contribution in [0, 0.1) is 5.41 Å². The Balaban J connectivity index is 2.00. The van der Waals surface area contributed by atoms with Crippen LogP contribution in [0.3, 0.4) is 0 Å². The van der Waals surface area contributed by atoms with Gasteiger partial charge in [-0.1, -0.05) is 36.7 Å². The Morgan fingerprint density at radius 1 is 1.32 bits per heavy atom. The van der Waals surface area contributed by atoms with E-state index < -0.39 is 6.09 Å². The molecule has 2 aromatic rings. The molecular weight excluding hydrogens is 348 g/mol. The first-order valence-electron chi connectivity index (χ1n) is 6.93. The smallest absolute Gasteiger partial charge is 0.419 e. The highest BCUT2D eigenvalue weighted by atomic mass is 79.9. The molecule has 0 fully saturated rings. The van der Waals surface area contributed by atoms with Crippen molar-refractivity contribution < 1.29 is 14.3 Å². The molecule has 1 heterocycles. The molecule has 0 amide bonds. The van der Waals surface area contributed by atoms with Gasteiger partial charge in [-0.25, -0.2) is 14.3 Å². The summed E-state index contributed by atoms with van der Waals surface area (Å²) in [7, 11) is 0. The molecule has 0 aliphatic rings. The van der Waals surface area contributed by atoms with E-state index in [9.17, 15) is 4.79 Å². The fourth-order valence-corrected chi connectivity index (χ4v) is 1.98. The monoisotopic (exact) mass is 366 g/mol. The van der Waals surface area contributed by atoms with E-state index >= 15 is 0 Å². The van der Waals surface area contributed by atoms with Crippen LogP contribution in [0.25, 0.3) is 0 Å². The molecule has 0 saturated heterocycles. The molecule has 6 heteroatoms. The molecule has 5 nitrogen and oxygen atoms in total. The van der Waals surface area contributed by atoms with Crippen molar-refractivity contribution in [2.75, 3.05) is 6.61 Å². The number of imidazole rings is 1. The molecule has 0 saturated carbocycles. The van der Waals surface area contributed by atoms with Crippen molar-refractivity contribution in [2.24, 2.45) is 5.41 Å². The van der Waals surface area contributed by atoms with Crippen molar-refractivity contribution in [3.63, 3.8) is 0 Å². The van der Waals surface area contributed by atoms with Crippen LogP contribution < -0.4 is 4.74 Å². The van der Waals surface area contributed by atoms with Gasteiger partial charge in [-0.15, -0.1) is 0 Å². The quantitative estimate of drug-likeness (QED) is 0.816. The number of aromatic nitrogens is 2. The molecule has 0 radical (unpaired) electrons. The highest BCUT2D eigenvalue weighted by Gasteiger charge is 2.29. The van der Waals surface area contributed by atoms with Crippen LogP contribution in [-0.4, -0.2) is 28.4 Å². The summed E-state index contributed by atoms with van der Waals surface area (Å²) in [5.74, 6) is 0.733. The number of benzene rings is 1. The van der Waals surface area contributed by atoms with Crippen LogP contribution in [0.2, 0.25) is 0 Å². The number of ether oxygens (including phenoxy) is 2. The Kier molecular flexibility index (Phi) is 5.24. The predicted octanol–water partition coefficient (Wildman–Crippen LogP) is 4.12. The van der Waals surface area contributed by atoms with Gasteiger partial charge in [0.25, 0.3) is 0 Å². The number of nitrogens with zero attached hydrogens (tertiary/aromatic N) is 2. The van der Waals surface area contributed by atoms with Gasteiger partial charge < -0.3 is 9.47 Å². The highest BCUT2D eigenvalue weighted by Crippen LogP contribution is 2.24. The van der Waals surface area contributed by atoms with E-state index in [-0.39, 0.29) is 18.1 Å². The van der Waals surface area contributed by atoms with Crippen LogP contribution >= 0.6 is 15.9 Å². The fraction of sp³-hybridized carbons (Fsp3) is 0.375. The summed E-state index contributed by atoms with van der Waals surface area (Å²) in [6.07, 6.45) is 3.66. The topological polar surface area (TPSA) is 53.4 Å². The fourth-order valence-electron chi connectivity index (χ4n) is 1.71. The number of halogens is 1. The number of carbonyl (C=O) groups excluding carboxylic acids is 1. The zero-order valence-electron chi connectivity index (χ0n) is 12.8. The minimum absolute atomic E-state index is 0.244. The molecule has 1 aromatic heterocycles. The maximum absolute atomic E-state index is 12.1. The summed E-state index contributed by atoms with van der Waals surface area (Å²) in [4.78, 5) is 15.9. The molecule has 1 unspecified atom stereocenters. The van der Waals surface area contributed by atoms with Crippen molar-refractivity contribution in [3.8, 4) is 5.75 Å². The van der Waals surface area contributed by atoms with Crippen LogP contribution in [0.15, 0.2) is 47.5 Å². The SMILES string of the molecule is CC(C)(C)C(COc1ccc(Br)cc1)OC(=O)n1ccnc1. The second kappa shape index (κ2) is 6.96. The normalized spacial score (nSPS) is 12.7. The molecule has 0 bridgehead atoms. The molecule has 0 N–H and O–H groups in total. The lowest BCUT2D eigenvalue weighted by Crippen LogP contribution is -2.37. The zero-order valence-corrected chi connectivity index (χ0v) is 14.4.